The van der Waals surface area contributed by atoms with E-state index in [2.05, 4.69) is 9.97 Å². The number of hydrogen-bond acceptors (Lipinski definition) is 3. The molecule has 0 atom stereocenters. The van der Waals surface area contributed by atoms with Crippen LogP contribution in [0, 0.1) is 0 Å². The van der Waals surface area contributed by atoms with Crippen molar-refractivity contribution in [3.63, 3.8) is 0 Å². The maximum atomic E-state index is 11.2. The molecular formula is C11H13N3O2. The van der Waals surface area contributed by atoms with Crippen LogP contribution in [0.3, 0.4) is 0 Å². The van der Waals surface area contributed by atoms with Gasteiger partial charge < -0.3 is 4.98 Å². The second kappa shape index (κ2) is 3.94. The molecule has 3 N–H and O–H groups in total. The number of hydroxylamine groups is 1. The molecular weight excluding hydrogens is 206 g/mol. The van der Waals surface area contributed by atoms with Crippen LogP contribution in [0.4, 0.5) is 0 Å². The normalized spacial score (nSPS) is 11.0. The first-order valence-corrected chi connectivity index (χ1v) is 5.06. The predicted molar refractivity (Wildman–Crippen MR) is 59.4 cm³/mol. The fraction of sp³-hybridized carbons (Fsp3) is 0.273. The number of nitrogens with zero attached hydrogens (tertiary/aromatic N) is 1. The largest absolute Gasteiger partial charge is 0.342 e. The molecule has 0 radical (unpaired) electrons. The van der Waals surface area contributed by atoms with Gasteiger partial charge in [-0.15, -0.1) is 0 Å². The molecule has 0 spiro atoms. The summed E-state index contributed by atoms with van der Waals surface area (Å²) < 4.78 is 0. The van der Waals surface area contributed by atoms with Crippen LogP contribution in [0.25, 0.3) is 11.0 Å². The van der Waals surface area contributed by atoms with E-state index in [1.807, 2.05) is 13.8 Å². The van der Waals surface area contributed by atoms with Crippen molar-refractivity contribution in [2.45, 2.75) is 19.8 Å². The van der Waals surface area contributed by atoms with Crippen molar-refractivity contribution in [2.24, 2.45) is 0 Å². The summed E-state index contributed by atoms with van der Waals surface area (Å²) in [5.41, 5.74) is 3.61. The third-order valence-electron chi connectivity index (χ3n) is 2.41. The first-order chi connectivity index (χ1) is 7.61. The summed E-state index contributed by atoms with van der Waals surface area (Å²) in [5.74, 6) is 0.668. The van der Waals surface area contributed by atoms with Crippen LogP contribution >= 0.6 is 0 Å². The zero-order valence-corrected chi connectivity index (χ0v) is 9.11. The molecule has 5 nitrogen and oxygen atoms in total. The maximum Gasteiger partial charge on any atom is 0.274 e. The van der Waals surface area contributed by atoms with Crippen LogP contribution < -0.4 is 5.48 Å². The van der Waals surface area contributed by atoms with E-state index in [0.717, 1.165) is 16.9 Å². The molecule has 0 aliphatic heterocycles. The third-order valence-corrected chi connectivity index (χ3v) is 2.41. The Morgan fingerprint density at radius 2 is 2.25 bits per heavy atom. The minimum atomic E-state index is -0.525. The second-order valence-electron chi connectivity index (χ2n) is 3.95. The number of benzene rings is 1. The molecule has 0 bridgehead atoms. The molecule has 16 heavy (non-hydrogen) atoms. The number of carbonyl (C=O) groups excluding carboxylic acids is 1. The van der Waals surface area contributed by atoms with Gasteiger partial charge in [0.25, 0.3) is 5.91 Å². The summed E-state index contributed by atoms with van der Waals surface area (Å²) in [5, 5.41) is 8.53. The standard InChI is InChI=1S/C11H13N3O2/c1-6(2)10-12-8-4-3-7(11(15)14-16)5-9(8)13-10/h3-6,16H,1-2H3,(H,12,13)(H,14,15). The highest BCUT2D eigenvalue weighted by atomic mass is 16.5. The zero-order valence-electron chi connectivity index (χ0n) is 9.11. The predicted octanol–water partition coefficient (Wildman–Crippen LogP) is 1.81. The molecule has 2 rings (SSSR count). The summed E-state index contributed by atoms with van der Waals surface area (Å²) in [7, 11) is 0. The summed E-state index contributed by atoms with van der Waals surface area (Å²) in [6.07, 6.45) is 0. The number of hydrogen-bond donors (Lipinski definition) is 3. The smallest absolute Gasteiger partial charge is 0.274 e. The van der Waals surface area contributed by atoms with Crippen molar-refractivity contribution >= 4 is 16.9 Å². The quantitative estimate of drug-likeness (QED) is 0.532. The summed E-state index contributed by atoms with van der Waals surface area (Å²) in [6.45, 7) is 4.08. The Kier molecular flexibility index (Phi) is 2.62. The maximum absolute atomic E-state index is 11.2. The van der Waals surface area contributed by atoms with Gasteiger partial charge in [-0.05, 0) is 18.2 Å². The van der Waals surface area contributed by atoms with Gasteiger partial charge in [-0.2, -0.15) is 0 Å². The number of aromatic amines is 1. The molecule has 1 amide bonds. The lowest BCUT2D eigenvalue weighted by molar-refractivity contribution is 0.0706. The summed E-state index contributed by atoms with van der Waals surface area (Å²) in [6, 6.07) is 5.04. The molecule has 0 aliphatic rings. The van der Waals surface area contributed by atoms with Gasteiger partial charge in [-0.25, -0.2) is 10.5 Å². The average molecular weight is 219 g/mol. The van der Waals surface area contributed by atoms with Gasteiger partial charge in [0, 0.05) is 11.5 Å². The lowest BCUT2D eigenvalue weighted by Gasteiger charge is -1.97. The first kappa shape index (κ1) is 10.6. The Labute approximate surface area is 92.5 Å². The SMILES string of the molecule is CC(C)c1nc2ccc(C(=O)NO)cc2[nH]1. The van der Waals surface area contributed by atoms with E-state index in [-0.39, 0.29) is 0 Å². The van der Waals surface area contributed by atoms with Crippen LogP contribution in [0.5, 0.6) is 0 Å². The van der Waals surface area contributed by atoms with Crippen molar-refractivity contribution in [3.8, 4) is 0 Å². The number of fused-ring (bicyclic) bond motifs is 1. The Bertz CT molecular complexity index is 531. The van der Waals surface area contributed by atoms with Gasteiger partial charge in [-0.1, -0.05) is 13.8 Å². The van der Waals surface area contributed by atoms with Crippen LogP contribution in [0.2, 0.25) is 0 Å². The number of rotatable bonds is 2. The van der Waals surface area contributed by atoms with Gasteiger partial charge in [0.1, 0.15) is 5.82 Å². The first-order valence-electron chi connectivity index (χ1n) is 5.06. The molecule has 5 heteroatoms. The van der Waals surface area contributed by atoms with Gasteiger partial charge >= 0.3 is 0 Å². The van der Waals surface area contributed by atoms with E-state index >= 15 is 0 Å². The highest BCUT2D eigenvalue weighted by Crippen LogP contribution is 2.18. The second-order valence-corrected chi connectivity index (χ2v) is 3.95. The minimum Gasteiger partial charge on any atom is -0.342 e. The molecule has 0 saturated carbocycles. The number of aromatic nitrogens is 2. The van der Waals surface area contributed by atoms with E-state index in [9.17, 15) is 4.79 Å². The van der Waals surface area contributed by atoms with Crippen LogP contribution in [-0.2, 0) is 0 Å². The number of amides is 1. The van der Waals surface area contributed by atoms with Gasteiger partial charge in [0.15, 0.2) is 0 Å². The molecule has 0 aliphatic carbocycles. The minimum absolute atomic E-state index is 0.308. The molecule has 0 unspecified atom stereocenters. The van der Waals surface area contributed by atoms with Crippen LogP contribution in [-0.4, -0.2) is 21.1 Å². The molecule has 84 valence electrons. The number of imidazole rings is 1. The van der Waals surface area contributed by atoms with Crippen LogP contribution in [0.1, 0.15) is 35.9 Å². The zero-order chi connectivity index (χ0) is 11.7. The lowest BCUT2D eigenvalue weighted by atomic mass is 10.2. The highest BCUT2D eigenvalue weighted by Gasteiger charge is 2.09. The molecule has 1 heterocycles. The highest BCUT2D eigenvalue weighted by molar-refractivity contribution is 5.96. The van der Waals surface area contributed by atoms with Gasteiger partial charge in [0.05, 0.1) is 11.0 Å². The number of H-pyrrole nitrogens is 1. The fourth-order valence-corrected chi connectivity index (χ4v) is 1.51. The van der Waals surface area contributed by atoms with Gasteiger partial charge in [-0.3, -0.25) is 10.0 Å². The van der Waals surface area contributed by atoms with Crippen molar-refractivity contribution in [1.29, 1.82) is 0 Å². The molecule has 0 saturated heterocycles. The van der Waals surface area contributed by atoms with E-state index < -0.39 is 5.91 Å². The Morgan fingerprint density at radius 1 is 1.50 bits per heavy atom. The van der Waals surface area contributed by atoms with Crippen molar-refractivity contribution in [2.75, 3.05) is 0 Å². The monoisotopic (exact) mass is 219 g/mol. The Morgan fingerprint density at radius 3 is 2.88 bits per heavy atom. The lowest BCUT2D eigenvalue weighted by Crippen LogP contribution is -2.18. The van der Waals surface area contributed by atoms with E-state index in [1.165, 1.54) is 0 Å². The van der Waals surface area contributed by atoms with Crippen LogP contribution in [0.15, 0.2) is 18.2 Å². The van der Waals surface area contributed by atoms with Crippen molar-refractivity contribution in [1.82, 2.24) is 15.4 Å². The topological polar surface area (TPSA) is 78.0 Å². The summed E-state index contributed by atoms with van der Waals surface area (Å²) >= 11 is 0. The third kappa shape index (κ3) is 1.77. The number of nitrogens with one attached hydrogen (secondary N) is 2. The average Bonchev–Trinajstić information content (AvgIpc) is 2.70. The Balaban J connectivity index is 2.49. The molecule has 0 fully saturated rings. The summed E-state index contributed by atoms with van der Waals surface area (Å²) in [4.78, 5) is 18.7. The molecule has 1 aromatic heterocycles. The fourth-order valence-electron chi connectivity index (χ4n) is 1.51. The van der Waals surface area contributed by atoms with Crippen molar-refractivity contribution < 1.29 is 10.0 Å². The van der Waals surface area contributed by atoms with Crippen molar-refractivity contribution in [3.05, 3.63) is 29.6 Å². The van der Waals surface area contributed by atoms with E-state index in [4.69, 9.17) is 5.21 Å². The van der Waals surface area contributed by atoms with Gasteiger partial charge in [0.2, 0.25) is 0 Å². The molecule has 1 aromatic carbocycles. The van der Waals surface area contributed by atoms with E-state index in [1.54, 1.807) is 23.7 Å². The number of carbonyl (C=O) groups is 1. The van der Waals surface area contributed by atoms with E-state index in [0.29, 0.717) is 11.5 Å². The molecule has 2 aromatic rings. The Hall–Kier alpha value is -1.88.